The van der Waals surface area contributed by atoms with Crippen LogP contribution in [-0.4, -0.2) is 20.7 Å². The Morgan fingerprint density at radius 2 is 2.22 bits per heavy atom. The number of aromatic nitrogens is 3. The number of nitrogens with zero attached hydrogens (tertiary/aromatic N) is 3. The van der Waals surface area contributed by atoms with Crippen molar-refractivity contribution in [1.82, 2.24) is 14.8 Å². The van der Waals surface area contributed by atoms with Crippen molar-refractivity contribution in [1.29, 1.82) is 0 Å². The van der Waals surface area contributed by atoms with Gasteiger partial charge < -0.3 is 11.1 Å². The Bertz CT molecular complexity index is 547. The third-order valence-electron chi connectivity index (χ3n) is 2.12. The van der Waals surface area contributed by atoms with Crippen LogP contribution < -0.4 is 11.1 Å². The third-order valence-corrected chi connectivity index (χ3v) is 2.64. The van der Waals surface area contributed by atoms with Gasteiger partial charge in [0, 0.05) is 5.02 Å². The second-order valence-corrected chi connectivity index (χ2v) is 4.34. The van der Waals surface area contributed by atoms with E-state index >= 15 is 0 Å². The molecular weight excluding hydrogens is 277 g/mol. The van der Waals surface area contributed by atoms with Crippen LogP contribution in [0.25, 0.3) is 0 Å². The first-order chi connectivity index (χ1) is 8.56. The summed E-state index contributed by atoms with van der Waals surface area (Å²) in [5.41, 5.74) is 6.37. The van der Waals surface area contributed by atoms with Gasteiger partial charge in [-0.3, -0.25) is 4.79 Å². The molecule has 0 atom stereocenters. The second kappa shape index (κ2) is 5.24. The van der Waals surface area contributed by atoms with E-state index in [1.165, 1.54) is 29.5 Å². The Kier molecular flexibility index (Phi) is 3.69. The van der Waals surface area contributed by atoms with E-state index in [0.29, 0.717) is 16.4 Å². The van der Waals surface area contributed by atoms with E-state index in [1.54, 1.807) is 0 Å². The largest absolute Gasteiger partial charge is 0.397 e. The highest BCUT2D eigenvalue weighted by molar-refractivity contribution is 6.37. The highest BCUT2D eigenvalue weighted by Crippen LogP contribution is 2.31. The summed E-state index contributed by atoms with van der Waals surface area (Å²) >= 11 is 11.7. The zero-order valence-electron chi connectivity index (χ0n) is 9.10. The van der Waals surface area contributed by atoms with E-state index in [-0.39, 0.29) is 17.5 Å². The molecule has 1 heterocycles. The van der Waals surface area contributed by atoms with Crippen LogP contribution in [-0.2, 0) is 11.3 Å². The summed E-state index contributed by atoms with van der Waals surface area (Å²) in [6.07, 6.45) is 2.78. The summed E-state index contributed by atoms with van der Waals surface area (Å²) in [7, 11) is 0. The van der Waals surface area contributed by atoms with E-state index < -0.39 is 0 Å². The highest BCUT2D eigenvalue weighted by Gasteiger charge is 2.11. The second-order valence-electron chi connectivity index (χ2n) is 3.49. The molecule has 0 saturated carbocycles. The smallest absolute Gasteiger partial charge is 0.246 e. The van der Waals surface area contributed by atoms with Gasteiger partial charge in [0.05, 0.1) is 16.4 Å². The average Bonchev–Trinajstić information content (AvgIpc) is 2.76. The fraction of sp³-hybridized carbons (Fsp3) is 0.100. The van der Waals surface area contributed by atoms with Crippen molar-refractivity contribution >= 4 is 40.5 Å². The molecule has 0 bridgehead atoms. The minimum atomic E-state index is -0.309. The molecular formula is C10H9Cl2N5O. The summed E-state index contributed by atoms with van der Waals surface area (Å²) in [5.74, 6) is -0.309. The first kappa shape index (κ1) is 12.7. The van der Waals surface area contributed by atoms with Gasteiger partial charge in [-0.05, 0) is 12.1 Å². The zero-order valence-corrected chi connectivity index (χ0v) is 10.6. The summed E-state index contributed by atoms with van der Waals surface area (Å²) in [5, 5.41) is 7.11. The average molecular weight is 286 g/mol. The van der Waals surface area contributed by atoms with Gasteiger partial charge in [0.25, 0.3) is 0 Å². The number of hydrogen-bond acceptors (Lipinski definition) is 4. The fourth-order valence-corrected chi connectivity index (χ4v) is 1.92. The molecule has 0 unspecified atom stereocenters. The molecule has 8 heteroatoms. The van der Waals surface area contributed by atoms with Gasteiger partial charge in [-0.2, -0.15) is 5.10 Å². The van der Waals surface area contributed by atoms with E-state index in [4.69, 9.17) is 28.9 Å². The molecule has 1 amide bonds. The van der Waals surface area contributed by atoms with E-state index in [1.807, 2.05) is 0 Å². The normalized spacial score (nSPS) is 10.3. The van der Waals surface area contributed by atoms with Crippen LogP contribution in [0.1, 0.15) is 0 Å². The van der Waals surface area contributed by atoms with Gasteiger partial charge in [-0.15, -0.1) is 0 Å². The molecule has 2 aromatic rings. The molecule has 0 fully saturated rings. The highest BCUT2D eigenvalue weighted by atomic mass is 35.5. The minimum Gasteiger partial charge on any atom is -0.397 e. The predicted molar refractivity (Wildman–Crippen MR) is 69.5 cm³/mol. The lowest BCUT2D eigenvalue weighted by atomic mass is 10.2. The zero-order chi connectivity index (χ0) is 13.1. The molecule has 0 aliphatic carbocycles. The standard InChI is InChI=1S/C10H9Cl2N5O/c11-6-1-7(12)10(8(13)2-6)16-9(18)3-17-5-14-4-15-17/h1-2,4-5H,3,13H2,(H,16,18). The molecule has 94 valence electrons. The summed E-state index contributed by atoms with van der Waals surface area (Å²) in [4.78, 5) is 15.5. The van der Waals surface area contributed by atoms with Crippen molar-refractivity contribution in [2.45, 2.75) is 6.54 Å². The van der Waals surface area contributed by atoms with E-state index in [2.05, 4.69) is 15.4 Å². The third kappa shape index (κ3) is 2.91. The molecule has 0 radical (unpaired) electrons. The molecule has 0 spiro atoms. The molecule has 6 nitrogen and oxygen atoms in total. The Balaban J connectivity index is 2.12. The van der Waals surface area contributed by atoms with Gasteiger partial charge in [0.2, 0.25) is 5.91 Å². The van der Waals surface area contributed by atoms with Crippen molar-refractivity contribution in [3.8, 4) is 0 Å². The molecule has 1 aromatic carbocycles. The molecule has 18 heavy (non-hydrogen) atoms. The molecule has 1 aromatic heterocycles. The topological polar surface area (TPSA) is 85.8 Å². The number of hydrogen-bond donors (Lipinski definition) is 2. The van der Waals surface area contributed by atoms with Gasteiger partial charge in [-0.25, -0.2) is 9.67 Å². The van der Waals surface area contributed by atoms with Crippen LogP contribution >= 0.6 is 23.2 Å². The number of nitrogens with one attached hydrogen (secondary N) is 1. The molecule has 0 aliphatic rings. The maximum Gasteiger partial charge on any atom is 0.246 e. The number of carbonyl (C=O) groups excluding carboxylic acids is 1. The van der Waals surface area contributed by atoms with E-state index in [0.717, 1.165) is 0 Å². The summed E-state index contributed by atoms with van der Waals surface area (Å²) in [6, 6.07) is 3.02. The van der Waals surface area contributed by atoms with Gasteiger partial charge >= 0.3 is 0 Å². The first-order valence-corrected chi connectivity index (χ1v) is 5.68. The monoisotopic (exact) mass is 285 g/mol. The Hall–Kier alpha value is -1.79. The minimum absolute atomic E-state index is 0.0262. The van der Waals surface area contributed by atoms with Gasteiger partial charge in [0.15, 0.2) is 0 Å². The number of amides is 1. The van der Waals surface area contributed by atoms with Gasteiger partial charge in [0.1, 0.15) is 19.2 Å². The van der Waals surface area contributed by atoms with Crippen molar-refractivity contribution in [2.75, 3.05) is 11.1 Å². The number of carbonyl (C=O) groups is 1. The number of nitrogens with two attached hydrogens (primary N) is 1. The number of halogens is 2. The number of nitrogen functional groups attached to an aromatic ring is 1. The van der Waals surface area contributed by atoms with Crippen molar-refractivity contribution in [3.63, 3.8) is 0 Å². The molecule has 2 rings (SSSR count). The Morgan fingerprint density at radius 3 is 2.83 bits per heavy atom. The molecule has 0 aliphatic heterocycles. The van der Waals surface area contributed by atoms with Crippen LogP contribution in [0.2, 0.25) is 10.0 Å². The predicted octanol–water partition coefficient (Wildman–Crippen LogP) is 1.81. The van der Waals surface area contributed by atoms with Crippen molar-refractivity contribution in [2.24, 2.45) is 0 Å². The van der Waals surface area contributed by atoms with Crippen LogP contribution in [0.5, 0.6) is 0 Å². The lowest BCUT2D eigenvalue weighted by Gasteiger charge is -2.10. The van der Waals surface area contributed by atoms with E-state index in [9.17, 15) is 4.79 Å². The van der Waals surface area contributed by atoms with Crippen molar-refractivity contribution < 1.29 is 4.79 Å². The quantitative estimate of drug-likeness (QED) is 0.842. The van der Waals surface area contributed by atoms with Crippen molar-refractivity contribution in [3.05, 3.63) is 34.8 Å². The first-order valence-electron chi connectivity index (χ1n) is 4.93. The lowest BCUT2D eigenvalue weighted by molar-refractivity contribution is -0.116. The Labute approximate surface area is 113 Å². The molecule has 0 saturated heterocycles. The SMILES string of the molecule is Nc1cc(Cl)cc(Cl)c1NC(=O)Cn1cncn1. The summed E-state index contributed by atoms with van der Waals surface area (Å²) < 4.78 is 1.38. The lowest BCUT2D eigenvalue weighted by Crippen LogP contribution is -2.20. The maximum atomic E-state index is 11.7. The van der Waals surface area contributed by atoms with Gasteiger partial charge in [-0.1, -0.05) is 23.2 Å². The Morgan fingerprint density at radius 1 is 1.44 bits per heavy atom. The number of anilines is 2. The van der Waals surface area contributed by atoms with Crippen LogP contribution in [0.15, 0.2) is 24.8 Å². The fourth-order valence-electron chi connectivity index (χ4n) is 1.37. The van der Waals surface area contributed by atoms with Crippen LogP contribution in [0, 0.1) is 0 Å². The molecule has 3 N–H and O–H groups in total. The maximum absolute atomic E-state index is 11.7. The van der Waals surface area contributed by atoms with Crippen LogP contribution in [0.4, 0.5) is 11.4 Å². The van der Waals surface area contributed by atoms with Crippen LogP contribution in [0.3, 0.4) is 0 Å². The number of rotatable bonds is 3. The summed E-state index contributed by atoms with van der Waals surface area (Å²) in [6.45, 7) is 0.0262. The number of benzene rings is 1.